The average molecular weight is 355 g/mol. The van der Waals surface area contributed by atoms with Gasteiger partial charge in [0.05, 0.1) is 5.02 Å². The molecule has 0 saturated heterocycles. The Bertz CT molecular complexity index is 629. The Hall–Kier alpha value is -1.13. The highest BCUT2D eigenvalue weighted by atomic mass is 79.9. The van der Waals surface area contributed by atoms with Crippen molar-refractivity contribution in [3.8, 4) is 11.4 Å². The van der Waals surface area contributed by atoms with Gasteiger partial charge in [0.1, 0.15) is 5.82 Å². The van der Waals surface area contributed by atoms with Gasteiger partial charge in [-0.3, -0.25) is 0 Å². The van der Waals surface area contributed by atoms with Gasteiger partial charge in [-0.25, -0.2) is 9.97 Å². The van der Waals surface area contributed by atoms with Gasteiger partial charge in [0, 0.05) is 27.8 Å². The lowest BCUT2D eigenvalue weighted by Crippen LogP contribution is -2.07. The molecule has 1 aromatic heterocycles. The van der Waals surface area contributed by atoms with Crippen LogP contribution in [0.1, 0.15) is 25.1 Å². The molecule has 0 saturated carbocycles. The summed E-state index contributed by atoms with van der Waals surface area (Å²) in [6.45, 7) is 7.06. The van der Waals surface area contributed by atoms with Gasteiger partial charge in [-0.1, -0.05) is 18.5 Å². The summed E-state index contributed by atoms with van der Waals surface area (Å²) >= 11 is 9.47. The average Bonchev–Trinajstić information content (AvgIpc) is 2.44. The molecule has 0 aliphatic carbocycles. The van der Waals surface area contributed by atoms with Crippen LogP contribution in [0.25, 0.3) is 11.4 Å². The van der Waals surface area contributed by atoms with E-state index in [9.17, 15) is 0 Å². The summed E-state index contributed by atoms with van der Waals surface area (Å²) in [6.07, 6.45) is 0.883. The second kappa shape index (κ2) is 6.55. The van der Waals surface area contributed by atoms with Crippen LogP contribution in [-0.4, -0.2) is 16.5 Å². The Morgan fingerprint density at radius 1 is 1.25 bits per heavy atom. The zero-order valence-corrected chi connectivity index (χ0v) is 14.1. The van der Waals surface area contributed by atoms with E-state index in [0.29, 0.717) is 5.02 Å². The Morgan fingerprint density at radius 2 is 2.00 bits per heavy atom. The molecule has 0 fully saturated rings. The van der Waals surface area contributed by atoms with Crippen LogP contribution in [0.15, 0.2) is 22.7 Å². The highest BCUT2D eigenvalue weighted by Gasteiger charge is 2.11. The molecule has 0 amide bonds. The maximum absolute atomic E-state index is 6.03. The van der Waals surface area contributed by atoms with Crippen molar-refractivity contribution in [3.63, 3.8) is 0 Å². The van der Waals surface area contributed by atoms with Crippen LogP contribution in [0.3, 0.4) is 0 Å². The SMILES string of the molecule is CCNc1nc(-c2ccc(Cl)c(Br)c2)nc(CC)c1C. The number of anilines is 1. The first-order chi connectivity index (χ1) is 9.56. The van der Waals surface area contributed by atoms with Gasteiger partial charge in [0.2, 0.25) is 0 Å². The van der Waals surface area contributed by atoms with Crippen molar-refractivity contribution in [2.75, 3.05) is 11.9 Å². The van der Waals surface area contributed by atoms with E-state index in [2.05, 4.69) is 52.0 Å². The normalized spacial score (nSPS) is 10.7. The first-order valence-corrected chi connectivity index (χ1v) is 7.80. The van der Waals surface area contributed by atoms with Crippen molar-refractivity contribution < 1.29 is 0 Å². The second-order valence-electron chi connectivity index (χ2n) is 4.48. The van der Waals surface area contributed by atoms with Crippen molar-refractivity contribution in [3.05, 3.63) is 39.0 Å². The van der Waals surface area contributed by atoms with Gasteiger partial charge in [0.25, 0.3) is 0 Å². The molecule has 0 aliphatic heterocycles. The molecule has 0 radical (unpaired) electrons. The van der Waals surface area contributed by atoms with Crippen LogP contribution in [-0.2, 0) is 6.42 Å². The quantitative estimate of drug-likeness (QED) is 0.852. The van der Waals surface area contributed by atoms with Crippen LogP contribution in [0.2, 0.25) is 5.02 Å². The highest BCUT2D eigenvalue weighted by Crippen LogP contribution is 2.29. The molecule has 1 aromatic carbocycles. The third-order valence-electron chi connectivity index (χ3n) is 3.10. The van der Waals surface area contributed by atoms with E-state index >= 15 is 0 Å². The number of nitrogens with one attached hydrogen (secondary N) is 1. The van der Waals surface area contributed by atoms with Crippen molar-refractivity contribution in [2.45, 2.75) is 27.2 Å². The van der Waals surface area contributed by atoms with E-state index in [0.717, 1.165) is 45.9 Å². The second-order valence-corrected chi connectivity index (χ2v) is 5.74. The molecule has 0 spiro atoms. The number of hydrogen-bond donors (Lipinski definition) is 1. The number of aryl methyl sites for hydroxylation is 1. The van der Waals surface area contributed by atoms with Crippen LogP contribution >= 0.6 is 27.5 Å². The predicted octanol–water partition coefficient (Wildman–Crippen LogP) is 4.86. The summed E-state index contributed by atoms with van der Waals surface area (Å²) in [6, 6.07) is 5.73. The molecule has 0 unspecified atom stereocenters. The van der Waals surface area contributed by atoms with E-state index in [1.165, 1.54) is 0 Å². The first-order valence-electron chi connectivity index (χ1n) is 6.63. The van der Waals surface area contributed by atoms with Gasteiger partial charge < -0.3 is 5.32 Å². The van der Waals surface area contributed by atoms with E-state index in [-0.39, 0.29) is 0 Å². The lowest BCUT2D eigenvalue weighted by atomic mass is 10.1. The molecular weight excluding hydrogens is 338 g/mol. The minimum atomic E-state index is 0.684. The largest absolute Gasteiger partial charge is 0.370 e. The van der Waals surface area contributed by atoms with Gasteiger partial charge in [-0.15, -0.1) is 0 Å². The predicted molar refractivity (Wildman–Crippen MR) is 88.5 cm³/mol. The molecule has 5 heteroatoms. The molecule has 0 bridgehead atoms. The smallest absolute Gasteiger partial charge is 0.161 e. The van der Waals surface area contributed by atoms with Crippen LogP contribution in [0.5, 0.6) is 0 Å². The molecule has 106 valence electrons. The third kappa shape index (κ3) is 3.13. The number of aromatic nitrogens is 2. The van der Waals surface area contributed by atoms with E-state index in [1.54, 1.807) is 0 Å². The Kier molecular flexibility index (Phi) is 5.00. The summed E-state index contributed by atoms with van der Waals surface area (Å²) in [5.74, 6) is 1.63. The van der Waals surface area contributed by atoms with Crippen LogP contribution in [0, 0.1) is 6.92 Å². The summed E-state index contributed by atoms with van der Waals surface area (Å²) < 4.78 is 0.851. The zero-order valence-electron chi connectivity index (χ0n) is 11.8. The molecule has 1 heterocycles. The number of rotatable bonds is 4. The van der Waals surface area contributed by atoms with Crippen molar-refractivity contribution >= 4 is 33.3 Å². The van der Waals surface area contributed by atoms with Crippen molar-refractivity contribution in [2.24, 2.45) is 0 Å². The molecule has 3 nitrogen and oxygen atoms in total. The fourth-order valence-electron chi connectivity index (χ4n) is 2.01. The van der Waals surface area contributed by atoms with Crippen LogP contribution in [0.4, 0.5) is 5.82 Å². The lowest BCUT2D eigenvalue weighted by molar-refractivity contribution is 0.970. The van der Waals surface area contributed by atoms with E-state index in [4.69, 9.17) is 11.6 Å². The van der Waals surface area contributed by atoms with Gasteiger partial charge in [0.15, 0.2) is 5.82 Å². The summed E-state index contributed by atoms with van der Waals surface area (Å²) in [5, 5.41) is 3.98. The minimum absolute atomic E-state index is 0.684. The summed E-state index contributed by atoms with van der Waals surface area (Å²) in [4.78, 5) is 9.29. The van der Waals surface area contributed by atoms with E-state index in [1.807, 2.05) is 18.2 Å². The van der Waals surface area contributed by atoms with E-state index < -0.39 is 0 Å². The maximum atomic E-state index is 6.03. The Morgan fingerprint density at radius 3 is 2.60 bits per heavy atom. The minimum Gasteiger partial charge on any atom is -0.370 e. The molecule has 20 heavy (non-hydrogen) atoms. The van der Waals surface area contributed by atoms with Gasteiger partial charge >= 0.3 is 0 Å². The van der Waals surface area contributed by atoms with Gasteiger partial charge in [-0.05, 0) is 54.4 Å². The monoisotopic (exact) mass is 353 g/mol. The Balaban J connectivity index is 2.55. The van der Waals surface area contributed by atoms with Gasteiger partial charge in [-0.2, -0.15) is 0 Å². The lowest BCUT2D eigenvalue weighted by Gasteiger charge is -2.12. The molecule has 0 atom stereocenters. The first kappa shape index (κ1) is 15.3. The fourth-order valence-corrected chi connectivity index (χ4v) is 2.51. The molecule has 2 rings (SSSR count). The van der Waals surface area contributed by atoms with Crippen molar-refractivity contribution in [1.82, 2.24) is 9.97 Å². The zero-order chi connectivity index (χ0) is 14.7. The number of benzene rings is 1. The molecule has 2 aromatic rings. The molecule has 0 aliphatic rings. The summed E-state index contributed by atoms with van der Waals surface area (Å²) in [5.41, 5.74) is 3.14. The number of halogens is 2. The Labute approximate surface area is 132 Å². The fraction of sp³-hybridized carbons (Fsp3) is 0.333. The number of hydrogen-bond acceptors (Lipinski definition) is 3. The topological polar surface area (TPSA) is 37.8 Å². The molecular formula is C15H17BrClN3. The highest BCUT2D eigenvalue weighted by molar-refractivity contribution is 9.10. The standard InChI is InChI=1S/C15H17BrClN3/c1-4-13-9(3)14(18-5-2)20-15(19-13)10-6-7-12(17)11(16)8-10/h6-8H,4-5H2,1-3H3,(H,18,19,20). The molecule has 1 N–H and O–H groups in total. The van der Waals surface area contributed by atoms with Crippen LogP contribution < -0.4 is 5.32 Å². The van der Waals surface area contributed by atoms with Crippen molar-refractivity contribution in [1.29, 1.82) is 0 Å². The third-order valence-corrected chi connectivity index (χ3v) is 4.32. The summed E-state index contributed by atoms with van der Waals surface area (Å²) in [7, 11) is 0. The maximum Gasteiger partial charge on any atom is 0.161 e. The number of nitrogens with zero attached hydrogens (tertiary/aromatic N) is 2.